The molecule has 1 aromatic rings. The highest BCUT2D eigenvalue weighted by atomic mass is 16.5. The van der Waals surface area contributed by atoms with Crippen LogP contribution in [-0.4, -0.2) is 16.2 Å². The first-order chi connectivity index (χ1) is 6.07. The van der Waals surface area contributed by atoms with Crippen LogP contribution in [0.4, 0.5) is 0 Å². The maximum absolute atomic E-state index is 11.4. The van der Waals surface area contributed by atoms with Crippen molar-refractivity contribution in [2.45, 2.75) is 6.61 Å². The maximum Gasteiger partial charge on any atom is 0.330 e. The van der Waals surface area contributed by atoms with Crippen LogP contribution in [0.3, 0.4) is 0 Å². The molecule has 0 fully saturated rings. The Morgan fingerprint density at radius 2 is 2.00 bits per heavy atom. The van der Waals surface area contributed by atoms with Crippen molar-refractivity contribution >= 4 is 0 Å². The Balaban J connectivity index is 3.42. The first-order valence-electron chi connectivity index (χ1n) is 3.82. The molecule has 0 saturated heterocycles. The molecule has 0 N–H and O–H groups in total. The molecule has 1 rings (SSSR count). The van der Waals surface area contributed by atoms with E-state index >= 15 is 0 Å². The Hall–Kier alpha value is -1.36. The third kappa shape index (κ3) is 1.70. The highest BCUT2D eigenvalue weighted by Crippen LogP contribution is 1.89. The molecule has 0 amide bonds. The number of methoxy groups -OCH3 is 1. The summed E-state index contributed by atoms with van der Waals surface area (Å²) in [6.45, 7) is 0.223. The Morgan fingerprint density at radius 1 is 1.38 bits per heavy atom. The van der Waals surface area contributed by atoms with Gasteiger partial charge in [-0.15, -0.1) is 0 Å². The molecular weight excluding hydrogens is 172 g/mol. The van der Waals surface area contributed by atoms with E-state index in [2.05, 4.69) is 0 Å². The van der Waals surface area contributed by atoms with Gasteiger partial charge < -0.3 is 9.30 Å². The minimum atomic E-state index is -0.329. The molecule has 0 spiro atoms. The van der Waals surface area contributed by atoms with Gasteiger partial charge >= 0.3 is 5.69 Å². The van der Waals surface area contributed by atoms with Crippen molar-refractivity contribution in [3.8, 4) is 0 Å². The number of rotatable bonds is 2. The molecule has 0 saturated carbocycles. The van der Waals surface area contributed by atoms with Gasteiger partial charge in [0.2, 0.25) is 0 Å². The number of aryl methyl sites for hydroxylation is 1. The van der Waals surface area contributed by atoms with Crippen LogP contribution < -0.4 is 11.2 Å². The van der Waals surface area contributed by atoms with Gasteiger partial charge in [0.25, 0.3) is 5.56 Å². The number of aromatic nitrogens is 2. The minimum absolute atomic E-state index is 0.223. The highest BCUT2D eigenvalue weighted by Gasteiger charge is 2.05. The molecule has 13 heavy (non-hydrogen) atoms. The van der Waals surface area contributed by atoms with Gasteiger partial charge in [0.05, 0.1) is 12.2 Å². The molecule has 0 atom stereocenters. The zero-order chi connectivity index (χ0) is 10.0. The molecule has 0 aliphatic heterocycles. The summed E-state index contributed by atoms with van der Waals surface area (Å²) in [6, 6.07) is 0. The van der Waals surface area contributed by atoms with E-state index in [1.165, 1.54) is 24.9 Å². The Kier molecular flexibility index (Phi) is 2.67. The molecule has 0 aliphatic rings. The molecule has 72 valence electrons. The highest BCUT2D eigenvalue weighted by molar-refractivity contribution is 5.03. The fourth-order valence-electron chi connectivity index (χ4n) is 1.14. The molecule has 5 heteroatoms. The average Bonchev–Trinajstić information content (AvgIpc) is 2.11. The molecule has 0 bridgehead atoms. The van der Waals surface area contributed by atoms with E-state index in [0.29, 0.717) is 5.56 Å². The topological polar surface area (TPSA) is 53.2 Å². The van der Waals surface area contributed by atoms with Crippen molar-refractivity contribution in [1.29, 1.82) is 0 Å². The lowest BCUT2D eigenvalue weighted by Gasteiger charge is -2.04. The van der Waals surface area contributed by atoms with Gasteiger partial charge in [-0.05, 0) is 0 Å². The lowest BCUT2D eigenvalue weighted by molar-refractivity contribution is 0.182. The predicted octanol–water partition coefficient (Wildman–Crippen LogP) is -0.770. The van der Waals surface area contributed by atoms with Crippen LogP contribution in [0.2, 0.25) is 0 Å². The van der Waals surface area contributed by atoms with Crippen LogP contribution in [0.5, 0.6) is 0 Å². The summed E-state index contributed by atoms with van der Waals surface area (Å²) in [5.74, 6) is 0. The van der Waals surface area contributed by atoms with E-state index in [4.69, 9.17) is 4.74 Å². The van der Waals surface area contributed by atoms with Gasteiger partial charge in [-0.3, -0.25) is 9.36 Å². The van der Waals surface area contributed by atoms with Crippen molar-refractivity contribution in [2.75, 3.05) is 7.11 Å². The van der Waals surface area contributed by atoms with Crippen LogP contribution >= 0.6 is 0 Å². The monoisotopic (exact) mass is 184 g/mol. The first kappa shape index (κ1) is 9.73. The predicted molar refractivity (Wildman–Crippen MR) is 47.6 cm³/mol. The third-order valence-corrected chi connectivity index (χ3v) is 1.82. The maximum atomic E-state index is 11.4. The Morgan fingerprint density at radius 3 is 2.54 bits per heavy atom. The number of hydrogen-bond acceptors (Lipinski definition) is 3. The normalized spacial score (nSPS) is 10.4. The smallest absolute Gasteiger partial charge is 0.330 e. The molecule has 0 radical (unpaired) electrons. The summed E-state index contributed by atoms with van der Waals surface area (Å²) in [5, 5.41) is 0. The van der Waals surface area contributed by atoms with Crippen molar-refractivity contribution < 1.29 is 4.74 Å². The summed E-state index contributed by atoms with van der Waals surface area (Å²) in [5.41, 5.74) is -0.151. The van der Waals surface area contributed by atoms with Gasteiger partial charge in [-0.25, -0.2) is 4.79 Å². The number of nitrogens with zero attached hydrogens (tertiary/aromatic N) is 2. The second-order valence-corrected chi connectivity index (χ2v) is 2.84. The molecule has 1 aromatic heterocycles. The van der Waals surface area contributed by atoms with Crippen molar-refractivity contribution in [2.24, 2.45) is 14.1 Å². The van der Waals surface area contributed by atoms with E-state index in [1.54, 1.807) is 7.05 Å². The van der Waals surface area contributed by atoms with Crippen molar-refractivity contribution in [3.05, 3.63) is 32.6 Å². The van der Waals surface area contributed by atoms with Crippen LogP contribution in [0.25, 0.3) is 0 Å². The molecule has 1 heterocycles. The number of ether oxygens (including phenoxy) is 1. The second-order valence-electron chi connectivity index (χ2n) is 2.84. The summed E-state index contributed by atoms with van der Waals surface area (Å²) in [6.07, 6.45) is 1.49. The SMILES string of the molecule is COCc1cn(C)c(=O)n(C)c1=O. The number of hydrogen-bond donors (Lipinski definition) is 0. The lowest BCUT2D eigenvalue weighted by atomic mass is 10.3. The van der Waals surface area contributed by atoms with E-state index in [1.807, 2.05) is 0 Å². The standard InChI is InChI=1S/C8H12N2O3/c1-9-4-6(5-13-3)7(11)10(2)8(9)12/h4H,5H2,1-3H3. The van der Waals surface area contributed by atoms with E-state index in [0.717, 1.165) is 4.57 Å². The Bertz CT molecular complexity index is 416. The van der Waals surface area contributed by atoms with Crippen molar-refractivity contribution in [3.63, 3.8) is 0 Å². The van der Waals surface area contributed by atoms with E-state index in [9.17, 15) is 9.59 Å². The van der Waals surface area contributed by atoms with Gasteiger partial charge in [-0.2, -0.15) is 0 Å². The molecule has 0 aliphatic carbocycles. The molecule has 5 nitrogen and oxygen atoms in total. The third-order valence-electron chi connectivity index (χ3n) is 1.82. The molecule has 0 aromatic carbocycles. The largest absolute Gasteiger partial charge is 0.380 e. The summed E-state index contributed by atoms with van der Waals surface area (Å²) in [4.78, 5) is 22.6. The van der Waals surface area contributed by atoms with Crippen molar-refractivity contribution in [1.82, 2.24) is 9.13 Å². The Labute approximate surface area is 75.2 Å². The average molecular weight is 184 g/mol. The lowest BCUT2D eigenvalue weighted by Crippen LogP contribution is -2.38. The fraction of sp³-hybridized carbons (Fsp3) is 0.500. The first-order valence-corrected chi connectivity index (χ1v) is 3.82. The summed E-state index contributed by atoms with van der Waals surface area (Å²) in [7, 11) is 4.55. The zero-order valence-electron chi connectivity index (χ0n) is 7.90. The van der Waals surface area contributed by atoms with Crippen LogP contribution in [0.15, 0.2) is 15.8 Å². The molecule has 0 unspecified atom stereocenters. The van der Waals surface area contributed by atoms with E-state index in [-0.39, 0.29) is 17.9 Å². The van der Waals surface area contributed by atoms with Crippen LogP contribution in [0, 0.1) is 0 Å². The minimum Gasteiger partial charge on any atom is -0.380 e. The zero-order valence-corrected chi connectivity index (χ0v) is 7.90. The quantitative estimate of drug-likeness (QED) is 0.606. The summed E-state index contributed by atoms with van der Waals surface area (Å²) < 4.78 is 7.25. The van der Waals surface area contributed by atoms with Gasteiger partial charge in [0, 0.05) is 27.4 Å². The second kappa shape index (κ2) is 3.57. The van der Waals surface area contributed by atoms with Gasteiger partial charge in [0.15, 0.2) is 0 Å². The van der Waals surface area contributed by atoms with Crippen LogP contribution in [-0.2, 0) is 25.4 Å². The molecular formula is C8H12N2O3. The van der Waals surface area contributed by atoms with Crippen LogP contribution in [0.1, 0.15) is 5.56 Å². The van der Waals surface area contributed by atoms with E-state index < -0.39 is 0 Å². The van der Waals surface area contributed by atoms with Gasteiger partial charge in [0.1, 0.15) is 0 Å². The van der Waals surface area contributed by atoms with Gasteiger partial charge in [-0.1, -0.05) is 0 Å². The fourth-order valence-corrected chi connectivity index (χ4v) is 1.14. The summed E-state index contributed by atoms with van der Waals surface area (Å²) >= 11 is 0.